The molecule has 1 heterocycles. The van der Waals surface area contributed by atoms with E-state index in [1.54, 1.807) is 0 Å². The van der Waals surface area contributed by atoms with Crippen molar-refractivity contribution < 1.29 is 9.53 Å². The summed E-state index contributed by atoms with van der Waals surface area (Å²) in [6.45, 7) is 5.29. The lowest BCUT2D eigenvalue weighted by Crippen LogP contribution is -2.56. The SMILES string of the molecule is CCc1ccc(OCC(=O)NCC2(N3CCSCC3)CCCC2)cc1. The molecule has 1 aliphatic carbocycles. The fourth-order valence-corrected chi connectivity index (χ4v) is 4.86. The molecule has 5 heteroatoms. The fourth-order valence-electron chi connectivity index (χ4n) is 3.96. The Balaban J connectivity index is 1.48. The standard InChI is InChI=1S/C20H30N2O2S/c1-2-17-5-7-18(8-6-17)24-15-19(23)21-16-20(9-3-4-10-20)22-11-13-25-14-12-22/h5-8H,2-4,9-16H2,1H3,(H,21,23). The number of carbonyl (C=O) groups is 1. The van der Waals surface area contributed by atoms with Gasteiger partial charge < -0.3 is 10.1 Å². The van der Waals surface area contributed by atoms with Crippen molar-refractivity contribution in [3.05, 3.63) is 29.8 Å². The van der Waals surface area contributed by atoms with Gasteiger partial charge in [-0.1, -0.05) is 31.9 Å². The predicted molar refractivity (Wildman–Crippen MR) is 104 cm³/mol. The molecule has 2 fully saturated rings. The summed E-state index contributed by atoms with van der Waals surface area (Å²) in [4.78, 5) is 14.9. The average Bonchev–Trinajstić information content (AvgIpc) is 3.16. The number of hydrogen-bond acceptors (Lipinski definition) is 4. The maximum atomic E-state index is 12.3. The van der Waals surface area contributed by atoms with Crippen molar-refractivity contribution >= 4 is 17.7 Å². The Bertz CT molecular complexity index is 549. The topological polar surface area (TPSA) is 41.6 Å². The van der Waals surface area contributed by atoms with E-state index in [-0.39, 0.29) is 18.1 Å². The Morgan fingerprint density at radius 2 is 1.88 bits per heavy atom. The van der Waals surface area contributed by atoms with Crippen molar-refractivity contribution in [2.45, 2.75) is 44.6 Å². The summed E-state index contributed by atoms with van der Waals surface area (Å²) in [7, 11) is 0. The number of nitrogens with one attached hydrogen (secondary N) is 1. The molecular weight excluding hydrogens is 332 g/mol. The molecule has 1 saturated carbocycles. The van der Waals surface area contributed by atoms with Crippen LogP contribution >= 0.6 is 11.8 Å². The van der Waals surface area contributed by atoms with Crippen LogP contribution in [0.15, 0.2) is 24.3 Å². The van der Waals surface area contributed by atoms with Gasteiger partial charge in [0.25, 0.3) is 5.91 Å². The van der Waals surface area contributed by atoms with Gasteiger partial charge in [0.05, 0.1) is 0 Å². The highest BCUT2D eigenvalue weighted by molar-refractivity contribution is 7.99. The molecule has 1 N–H and O–H groups in total. The van der Waals surface area contributed by atoms with Gasteiger partial charge in [-0.15, -0.1) is 0 Å². The number of aryl methyl sites for hydroxylation is 1. The van der Waals surface area contributed by atoms with Crippen LogP contribution in [0.5, 0.6) is 5.75 Å². The molecule has 0 aromatic heterocycles. The van der Waals surface area contributed by atoms with E-state index in [0.29, 0.717) is 0 Å². The first kappa shape index (κ1) is 18.6. The highest BCUT2D eigenvalue weighted by Gasteiger charge is 2.40. The van der Waals surface area contributed by atoms with Crippen molar-refractivity contribution in [3.8, 4) is 5.75 Å². The van der Waals surface area contributed by atoms with E-state index < -0.39 is 0 Å². The number of benzene rings is 1. The molecule has 1 saturated heterocycles. The Labute approximate surface area is 155 Å². The van der Waals surface area contributed by atoms with Crippen LogP contribution in [0.25, 0.3) is 0 Å². The number of nitrogens with zero attached hydrogens (tertiary/aromatic N) is 1. The van der Waals surface area contributed by atoms with E-state index in [0.717, 1.165) is 31.8 Å². The largest absolute Gasteiger partial charge is 0.484 e. The lowest BCUT2D eigenvalue weighted by Gasteiger charge is -2.43. The minimum atomic E-state index is -0.0165. The van der Waals surface area contributed by atoms with E-state index >= 15 is 0 Å². The van der Waals surface area contributed by atoms with Gasteiger partial charge in [-0.3, -0.25) is 9.69 Å². The van der Waals surface area contributed by atoms with Crippen LogP contribution in [-0.4, -0.2) is 54.1 Å². The van der Waals surface area contributed by atoms with Crippen LogP contribution in [0, 0.1) is 0 Å². The maximum absolute atomic E-state index is 12.3. The van der Waals surface area contributed by atoms with Gasteiger partial charge in [-0.25, -0.2) is 0 Å². The van der Waals surface area contributed by atoms with E-state index in [2.05, 4.69) is 29.3 Å². The Kier molecular flexibility index (Phi) is 6.65. The quantitative estimate of drug-likeness (QED) is 0.809. The van der Waals surface area contributed by atoms with Crippen molar-refractivity contribution in [2.24, 2.45) is 0 Å². The van der Waals surface area contributed by atoms with Crippen molar-refractivity contribution in [1.29, 1.82) is 0 Å². The first-order chi connectivity index (χ1) is 12.2. The van der Waals surface area contributed by atoms with Crippen LogP contribution in [-0.2, 0) is 11.2 Å². The monoisotopic (exact) mass is 362 g/mol. The molecule has 0 atom stereocenters. The number of rotatable bonds is 7. The molecule has 4 nitrogen and oxygen atoms in total. The van der Waals surface area contributed by atoms with Gasteiger partial charge >= 0.3 is 0 Å². The van der Waals surface area contributed by atoms with Crippen LogP contribution in [0.3, 0.4) is 0 Å². The van der Waals surface area contributed by atoms with E-state index in [9.17, 15) is 4.79 Å². The second kappa shape index (κ2) is 8.95. The summed E-state index contributed by atoms with van der Waals surface area (Å²) in [5, 5.41) is 3.14. The average molecular weight is 363 g/mol. The van der Waals surface area contributed by atoms with Crippen LogP contribution in [0.1, 0.15) is 38.2 Å². The zero-order valence-corrected chi connectivity index (χ0v) is 16.1. The fraction of sp³-hybridized carbons (Fsp3) is 0.650. The molecule has 138 valence electrons. The van der Waals surface area contributed by atoms with Crippen LogP contribution in [0.2, 0.25) is 0 Å². The summed E-state index contributed by atoms with van der Waals surface area (Å²) in [5.74, 6) is 3.17. The zero-order chi connectivity index (χ0) is 17.5. The number of ether oxygens (including phenoxy) is 1. The minimum absolute atomic E-state index is 0.0165. The van der Waals surface area contributed by atoms with Gasteiger partial charge in [-0.05, 0) is 37.0 Å². The molecule has 0 unspecified atom stereocenters. The van der Waals surface area contributed by atoms with Gasteiger partial charge in [0.15, 0.2) is 6.61 Å². The van der Waals surface area contributed by atoms with Gasteiger partial charge in [-0.2, -0.15) is 11.8 Å². The smallest absolute Gasteiger partial charge is 0.258 e. The molecule has 0 bridgehead atoms. The van der Waals surface area contributed by atoms with Gasteiger partial charge in [0, 0.05) is 36.7 Å². The Morgan fingerprint density at radius 3 is 2.52 bits per heavy atom. The van der Waals surface area contributed by atoms with Crippen LogP contribution in [0.4, 0.5) is 0 Å². The van der Waals surface area contributed by atoms with Crippen molar-refractivity contribution in [1.82, 2.24) is 10.2 Å². The normalized spacial score (nSPS) is 20.4. The molecule has 1 aromatic rings. The third kappa shape index (κ3) is 4.91. The molecule has 0 radical (unpaired) electrons. The number of carbonyl (C=O) groups excluding carboxylic acids is 1. The Morgan fingerprint density at radius 1 is 1.20 bits per heavy atom. The lowest BCUT2D eigenvalue weighted by atomic mass is 9.94. The minimum Gasteiger partial charge on any atom is -0.484 e. The summed E-state index contributed by atoms with van der Waals surface area (Å²) in [6.07, 6.45) is 5.98. The summed E-state index contributed by atoms with van der Waals surface area (Å²) in [5.41, 5.74) is 1.46. The number of amides is 1. The molecule has 1 aromatic carbocycles. The third-order valence-corrected chi connectivity index (χ3v) is 6.47. The van der Waals surface area contributed by atoms with E-state index in [4.69, 9.17) is 4.74 Å². The number of thioether (sulfide) groups is 1. The number of hydrogen-bond donors (Lipinski definition) is 1. The van der Waals surface area contributed by atoms with Crippen molar-refractivity contribution in [2.75, 3.05) is 37.7 Å². The molecule has 25 heavy (non-hydrogen) atoms. The second-order valence-corrected chi connectivity index (χ2v) is 8.32. The van der Waals surface area contributed by atoms with Crippen LogP contribution < -0.4 is 10.1 Å². The van der Waals surface area contributed by atoms with E-state index in [1.165, 1.54) is 42.8 Å². The summed E-state index contributed by atoms with van der Waals surface area (Å²) >= 11 is 2.04. The highest BCUT2D eigenvalue weighted by atomic mass is 32.2. The first-order valence-electron chi connectivity index (χ1n) is 9.53. The summed E-state index contributed by atoms with van der Waals surface area (Å²) < 4.78 is 5.63. The molecule has 0 spiro atoms. The Hall–Kier alpha value is -1.20. The molecule has 1 aliphatic heterocycles. The van der Waals surface area contributed by atoms with Crippen molar-refractivity contribution in [3.63, 3.8) is 0 Å². The lowest BCUT2D eigenvalue weighted by molar-refractivity contribution is -0.123. The third-order valence-electron chi connectivity index (χ3n) is 5.53. The van der Waals surface area contributed by atoms with Gasteiger partial charge in [0.1, 0.15) is 5.75 Å². The molecule has 1 amide bonds. The van der Waals surface area contributed by atoms with Gasteiger partial charge in [0.2, 0.25) is 0 Å². The molecule has 2 aliphatic rings. The predicted octanol–water partition coefficient (Wildman–Crippen LogP) is 3.11. The second-order valence-electron chi connectivity index (χ2n) is 7.09. The zero-order valence-electron chi connectivity index (χ0n) is 15.3. The summed E-state index contributed by atoms with van der Waals surface area (Å²) in [6, 6.07) is 7.98. The van der Waals surface area contributed by atoms with E-state index in [1.807, 2.05) is 23.9 Å². The molecular formula is C20H30N2O2S. The molecule has 3 rings (SSSR count). The highest BCUT2D eigenvalue weighted by Crippen LogP contribution is 2.36. The maximum Gasteiger partial charge on any atom is 0.258 e. The first-order valence-corrected chi connectivity index (χ1v) is 10.7.